The van der Waals surface area contributed by atoms with E-state index in [4.69, 9.17) is 0 Å². The molecule has 3 heterocycles. The Morgan fingerprint density at radius 3 is 2.89 bits per heavy atom. The van der Waals surface area contributed by atoms with E-state index in [0.29, 0.717) is 24.2 Å². The maximum absolute atomic E-state index is 13.2. The van der Waals surface area contributed by atoms with E-state index in [9.17, 15) is 13.2 Å². The number of carbonyl (C=O) groups excluding carboxylic acids is 1. The quantitative estimate of drug-likeness (QED) is 0.562. The van der Waals surface area contributed by atoms with Crippen LogP contribution in [0.1, 0.15) is 29.6 Å². The number of nitrogens with zero attached hydrogens (tertiary/aromatic N) is 7. The van der Waals surface area contributed by atoms with Crippen LogP contribution in [-0.2, 0) is 17.1 Å². The summed E-state index contributed by atoms with van der Waals surface area (Å²) in [5.74, 6) is -0.109. The fourth-order valence-electron chi connectivity index (χ4n) is 3.43. The average Bonchev–Trinajstić information content (AvgIpc) is 3.43. The summed E-state index contributed by atoms with van der Waals surface area (Å²) in [6.07, 6.45) is 6.06. The molecule has 28 heavy (non-hydrogen) atoms. The molecule has 2 aromatic heterocycles. The zero-order valence-corrected chi connectivity index (χ0v) is 16.0. The number of tetrazole rings is 1. The SMILES string of the molecule is Cn1cc(C(=O)CC2CCCN2S(=O)(=O)c2cccc(-n3cnnn3)c2)cn1. The van der Waals surface area contributed by atoms with Crippen molar-refractivity contribution in [2.75, 3.05) is 6.54 Å². The van der Waals surface area contributed by atoms with Gasteiger partial charge in [0.25, 0.3) is 0 Å². The molecule has 1 fully saturated rings. The Balaban J connectivity index is 1.58. The largest absolute Gasteiger partial charge is 0.294 e. The minimum atomic E-state index is -3.75. The second kappa shape index (κ2) is 7.24. The van der Waals surface area contributed by atoms with E-state index in [1.54, 1.807) is 36.1 Å². The lowest BCUT2D eigenvalue weighted by Gasteiger charge is -2.23. The van der Waals surface area contributed by atoms with Gasteiger partial charge in [-0.2, -0.15) is 9.40 Å². The van der Waals surface area contributed by atoms with Crippen LogP contribution in [-0.4, -0.2) is 61.1 Å². The molecule has 1 saturated heterocycles. The predicted octanol–water partition coefficient (Wildman–Crippen LogP) is 0.822. The number of rotatable bonds is 6. The molecule has 0 bridgehead atoms. The maximum Gasteiger partial charge on any atom is 0.243 e. The molecule has 0 spiro atoms. The van der Waals surface area contributed by atoms with E-state index in [1.807, 2.05) is 0 Å². The summed E-state index contributed by atoms with van der Waals surface area (Å²) in [5, 5.41) is 14.9. The van der Waals surface area contributed by atoms with Crippen LogP contribution >= 0.6 is 0 Å². The smallest absolute Gasteiger partial charge is 0.243 e. The second-order valence-corrected chi connectivity index (χ2v) is 8.58. The van der Waals surface area contributed by atoms with Gasteiger partial charge in [-0.25, -0.2) is 13.1 Å². The summed E-state index contributed by atoms with van der Waals surface area (Å²) in [4.78, 5) is 12.7. The lowest BCUT2D eigenvalue weighted by molar-refractivity contribution is 0.0961. The Morgan fingerprint density at radius 1 is 1.32 bits per heavy atom. The average molecular weight is 401 g/mol. The van der Waals surface area contributed by atoms with Gasteiger partial charge in [-0.1, -0.05) is 6.07 Å². The number of Topliss-reactive ketones (excluding diaryl/α,β-unsaturated/α-hetero) is 1. The van der Waals surface area contributed by atoms with Gasteiger partial charge in [-0.15, -0.1) is 5.10 Å². The van der Waals surface area contributed by atoms with Crippen molar-refractivity contribution in [3.63, 3.8) is 0 Å². The van der Waals surface area contributed by atoms with Gasteiger partial charge in [0.2, 0.25) is 10.0 Å². The Labute approximate surface area is 161 Å². The number of benzene rings is 1. The van der Waals surface area contributed by atoms with Crippen molar-refractivity contribution in [3.05, 3.63) is 48.5 Å². The molecular formula is C17H19N7O3S. The van der Waals surface area contributed by atoms with Crippen LogP contribution in [0.5, 0.6) is 0 Å². The third-order valence-electron chi connectivity index (χ3n) is 4.81. The minimum Gasteiger partial charge on any atom is -0.294 e. The molecule has 0 aliphatic carbocycles. The van der Waals surface area contributed by atoms with Crippen LogP contribution in [0.25, 0.3) is 5.69 Å². The van der Waals surface area contributed by atoms with E-state index < -0.39 is 10.0 Å². The van der Waals surface area contributed by atoms with Crippen molar-refractivity contribution in [1.82, 2.24) is 34.3 Å². The molecule has 11 heteroatoms. The van der Waals surface area contributed by atoms with Crippen LogP contribution in [0, 0.1) is 0 Å². The number of ketones is 1. The number of carbonyl (C=O) groups is 1. The highest BCUT2D eigenvalue weighted by molar-refractivity contribution is 7.89. The Kier molecular flexibility index (Phi) is 4.77. The molecular weight excluding hydrogens is 382 g/mol. The molecule has 0 N–H and O–H groups in total. The van der Waals surface area contributed by atoms with Gasteiger partial charge >= 0.3 is 0 Å². The number of hydrogen-bond acceptors (Lipinski definition) is 7. The third-order valence-corrected chi connectivity index (χ3v) is 6.76. The van der Waals surface area contributed by atoms with Crippen LogP contribution in [0.2, 0.25) is 0 Å². The molecule has 1 unspecified atom stereocenters. The van der Waals surface area contributed by atoms with Gasteiger partial charge in [0.15, 0.2) is 5.78 Å². The Bertz CT molecular complexity index is 1090. The molecule has 0 amide bonds. The number of aromatic nitrogens is 6. The molecule has 146 valence electrons. The van der Waals surface area contributed by atoms with E-state index >= 15 is 0 Å². The highest BCUT2D eigenvalue weighted by Crippen LogP contribution is 2.29. The molecule has 10 nitrogen and oxygen atoms in total. The molecule has 1 aromatic carbocycles. The first-order chi connectivity index (χ1) is 13.4. The van der Waals surface area contributed by atoms with Crippen molar-refractivity contribution in [1.29, 1.82) is 0 Å². The predicted molar refractivity (Wildman–Crippen MR) is 98.2 cm³/mol. The lowest BCUT2D eigenvalue weighted by Crippen LogP contribution is -2.36. The summed E-state index contributed by atoms with van der Waals surface area (Å²) in [7, 11) is -2.01. The first-order valence-corrected chi connectivity index (χ1v) is 10.3. The van der Waals surface area contributed by atoms with Crippen molar-refractivity contribution in [3.8, 4) is 5.69 Å². The van der Waals surface area contributed by atoms with Crippen molar-refractivity contribution in [2.24, 2.45) is 7.05 Å². The second-order valence-electron chi connectivity index (χ2n) is 6.69. The first-order valence-electron chi connectivity index (χ1n) is 8.82. The summed E-state index contributed by atoms with van der Waals surface area (Å²) >= 11 is 0. The number of hydrogen-bond donors (Lipinski definition) is 0. The molecule has 1 aliphatic heterocycles. The Morgan fingerprint density at radius 2 is 2.18 bits per heavy atom. The Hall–Kier alpha value is -2.92. The topological polar surface area (TPSA) is 116 Å². The van der Waals surface area contributed by atoms with Gasteiger partial charge in [0.05, 0.1) is 22.3 Å². The van der Waals surface area contributed by atoms with E-state index in [2.05, 4.69) is 20.6 Å². The van der Waals surface area contributed by atoms with Gasteiger partial charge in [0, 0.05) is 32.3 Å². The van der Waals surface area contributed by atoms with Crippen LogP contribution in [0.3, 0.4) is 0 Å². The summed E-state index contributed by atoms with van der Waals surface area (Å²) in [6.45, 7) is 0.391. The van der Waals surface area contributed by atoms with E-state index in [1.165, 1.54) is 27.6 Å². The lowest BCUT2D eigenvalue weighted by atomic mass is 10.1. The molecule has 4 rings (SSSR count). The van der Waals surface area contributed by atoms with Gasteiger partial charge in [-0.3, -0.25) is 9.48 Å². The molecule has 0 saturated carbocycles. The van der Waals surface area contributed by atoms with Crippen LogP contribution in [0.4, 0.5) is 0 Å². The standard InChI is InChI=1S/C17H19N7O3S/c1-22-11-13(10-19-22)17(25)9-15-5-3-7-24(15)28(26,27)16-6-2-4-14(8-16)23-12-18-20-21-23/h2,4,6,8,10-12,15H,3,5,7,9H2,1H3. The highest BCUT2D eigenvalue weighted by atomic mass is 32.2. The fraction of sp³-hybridized carbons (Fsp3) is 0.353. The van der Waals surface area contributed by atoms with Crippen molar-refractivity contribution >= 4 is 15.8 Å². The van der Waals surface area contributed by atoms with E-state index in [-0.39, 0.29) is 23.1 Å². The number of aryl methyl sites for hydroxylation is 1. The van der Waals surface area contributed by atoms with Crippen molar-refractivity contribution < 1.29 is 13.2 Å². The highest BCUT2D eigenvalue weighted by Gasteiger charge is 2.36. The van der Waals surface area contributed by atoms with Crippen LogP contribution < -0.4 is 0 Å². The van der Waals surface area contributed by atoms with E-state index in [0.717, 1.165) is 6.42 Å². The third kappa shape index (κ3) is 3.45. The summed E-state index contributed by atoms with van der Waals surface area (Å²) in [5.41, 5.74) is 1.04. The molecule has 3 aromatic rings. The molecule has 0 radical (unpaired) electrons. The fourth-order valence-corrected chi connectivity index (χ4v) is 5.16. The summed E-state index contributed by atoms with van der Waals surface area (Å²) in [6, 6.07) is 6.08. The monoisotopic (exact) mass is 401 g/mol. The maximum atomic E-state index is 13.2. The molecule has 1 aliphatic rings. The zero-order chi connectivity index (χ0) is 19.7. The number of sulfonamides is 1. The zero-order valence-electron chi connectivity index (χ0n) is 15.2. The van der Waals surface area contributed by atoms with Gasteiger partial charge in [0.1, 0.15) is 6.33 Å². The minimum absolute atomic E-state index is 0.109. The van der Waals surface area contributed by atoms with Crippen molar-refractivity contribution in [2.45, 2.75) is 30.2 Å². The first kappa shape index (κ1) is 18.4. The molecule has 1 atom stereocenters. The van der Waals surface area contributed by atoms with Gasteiger partial charge < -0.3 is 0 Å². The normalized spacial score (nSPS) is 17.8. The van der Waals surface area contributed by atoms with Gasteiger partial charge in [-0.05, 0) is 41.5 Å². The summed E-state index contributed by atoms with van der Waals surface area (Å²) < 4.78 is 30.8. The van der Waals surface area contributed by atoms with Crippen LogP contribution in [0.15, 0.2) is 47.9 Å².